The molecule has 0 aliphatic heterocycles. The molecule has 0 unspecified atom stereocenters. The predicted molar refractivity (Wildman–Crippen MR) is 90.7 cm³/mol. The van der Waals surface area contributed by atoms with Crippen LogP contribution in [0.2, 0.25) is 5.02 Å². The molecule has 7 nitrogen and oxygen atoms in total. The molecule has 0 spiro atoms. The van der Waals surface area contributed by atoms with Crippen molar-refractivity contribution in [3.63, 3.8) is 0 Å². The summed E-state index contributed by atoms with van der Waals surface area (Å²) >= 11 is 5.98. The largest absolute Gasteiger partial charge is 0.356 e. The maximum Gasteiger partial charge on any atom is 0.208 e. The van der Waals surface area contributed by atoms with E-state index in [1.807, 2.05) is 35.8 Å². The van der Waals surface area contributed by atoms with Gasteiger partial charge in [0.1, 0.15) is 0 Å². The third kappa shape index (κ3) is 6.67. The molecule has 0 aliphatic rings. The van der Waals surface area contributed by atoms with Crippen LogP contribution in [0.4, 0.5) is 0 Å². The number of hydrogen-bond donors (Lipinski definition) is 2. The maximum atomic E-state index is 11.0. The number of halogens is 1. The lowest BCUT2D eigenvalue weighted by Gasteiger charge is -2.22. The predicted octanol–water partition coefficient (Wildman–Crippen LogP) is 0.625. The molecule has 1 aromatic rings. The third-order valence-corrected chi connectivity index (χ3v) is 3.98. The minimum Gasteiger partial charge on any atom is -0.356 e. The zero-order valence-electron chi connectivity index (χ0n) is 13.4. The van der Waals surface area contributed by atoms with Crippen LogP contribution >= 0.6 is 11.6 Å². The highest BCUT2D eigenvalue weighted by molar-refractivity contribution is 7.88. The first-order chi connectivity index (χ1) is 10.2. The lowest BCUT2D eigenvalue weighted by atomic mass is 10.4. The highest BCUT2D eigenvalue weighted by Gasteiger charge is 2.09. The Bertz CT molecular complexity index is 612. The fourth-order valence-electron chi connectivity index (χ4n) is 1.97. The van der Waals surface area contributed by atoms with E-state index in [-0.39, 0.29) is 0 Å². The summed E-state index contributed by atoms with van der Waals surface area (Å²) in [4.78, 5) is 6.20. The summed E-state index contributed by atoms with van der Waals surface area (Å²) in [7, 11) is 2.47. The molecule has 2 N–H and O–H groups in total. The van der Waals surface area contributed by atoms with Crippen LogP contribution in [-0.2, 0) is 23.6 Å². The maximum absolute atomic E-state index is 11.0. The molecule has 9 heteroatoms. The number of aromatic nitrogens is 1. The minimum absolute atomic E-state index is 0.403. The van der Waals surface area contributed by atoms with E-state index >= 15 is 0 Å². The van der Waals surface area contributed by atoms with Crippen LogP contribution in [0.15, 0.2) is 17.3 Å². The van der Waals surface area contributed by atoms with Gasteiger partial charge in [0, 0.05) is 46.1 Å². The quantitative estimate of drug-likeness (QED) is 0.430. The number of sulfonamides is 1. The average Bonchev–Trinajstić information content (AvgIpc) is 2.70. The van der Waals surface area contributed by atoms with Gasteiger partial charge in [-0.25, -0.2) is 13.1 Å². The van der Waals surface area contributed by atoms with Crippen LogP contribution in [-0.4, -0.2) is 57.3 Å². The van der Waals surface area contributed by atoms with Crippen LogP contribution in [0.5, 0.6) is 0 Å². The van der Waals surface area contributed by atoms with E-state index < -0.39 is 10.0 Å². The lowest BCUT2D eigenvalue weighted by molar-refractivity contribution is 0.461. The Balaban J connectivity index is 2.42. The Hall–Kier alpha value is -1.25. The van der Waals surface area contributed by atoms with Crippen LogP contribution in [0.1, 0.15) is 12.1 Å². The Kier molecular flexibility index (Phi) is 7.18. The van der Waals surface area contributed by atoms with Crippen molar-refractivity contribution in [1.82, 2.24) is 19.5 Å². The second-order valence-corrected chi connectivity index (χ2v) is 7.38. The van der Waals surface area contributed by atoms with Gasteiger partial charge in [0.15, 0.2) is 5.96 Å². The van der Waals surface area contributed by atoms with Gasteiger partial charge in [0.2, 0.25) is 10.0 Å². The van der Waals surface area contributed by atoms with Crippen molar-refractivity contribution in [2.75, 3.05) is 33.4 Å². The van der Waals surface area contributed by atoms with E-state index in [2.05, 4.69) is 15.0 Å². The van der Waals surface area contributed by atoms with Gasteiger partial charge in [0.25, 0.3) is 0 Å². The summed E-state index contributed by atoms with van der Waals surface area (Å²) in [5, 5.41) is 3.91. The van der Waals surface area contributed by atoms with Crippen LogP contribution < -0.4 is 10.0 Å². The van der Waals surface area contributed by atoms with Gasteiger partial charge >= 0.3 is 0 Å². The molecule has 22 heavy (non-hydrogen) atoms. The van der Waals surface area contributed by atoms with E-state index in [1.165, 1.54) is 0 Å². The van der Waals surface area contributed by atoms with Gasteiger partial charge < -0.3 is 14.8 Å². The van der Waals surface area contributed by atoms with E-state index in [9.17, 15) is 8.42 Å². The monoisotopic (exact) mass is 349 g/mol. The van der Waals surface area contributed by atoms with E-state index in [1.54, 1.807) is 7.05 Å². The van der Waals surface area contributed by atoms with Gasteiger partial charge in [-0.3, -0.25) is 4.99 Å². The van der Waals surface area contributed by atoms with Crippen molar-refractivity contribution in [2.24, 2.45) is 12.0 Å². The van der Waals surface area contributed by atoms with Gasteiger partial charge in [0.05, 0.1) is 17.8 Å². The van der Waals surface area contributed by atoms with Crippen molar-refractivity contribution in [3.8, 4) is 0 Å². The summed E-state index contributed by atoms with van der Waals surface area (Å²) in [6, 6.07) is 1.92. The first kappa shape index (κ1) is 18.8. The Morgan fingerprint density at radius 1 is 1.45 bits per heavy atom. The van der Waals surface area contributed by atoms with Gasteiger partial charge in [-0.1, -0.05) is 11.6 Å². The van der Waals surface area contributed by atoms with E-state index in [0.29, 0.717) is 31.1 Å². The Labute approximate surface area is 137 Å². The van der Waals surface area contributed by atoms with Crippen LogP contribution in [0.25, 0.3) is 0 Å². The van der Waals surface area contributed by atoms with Crippen molar-refractivity contribution in [2.45, 2.75) is 13.0 Å². The van der Waals surface area contributed by atoms with Crippen molar-refractivity contribution in [3.05, 3.63) is 23.0 Å². The number of guanidine groups is 1. The second-order valence-electron chi connectivity index (χ2n) is 5.11. The molecule has 1 rings (SSSR count). The SMILES string of the molecule is CN=C(NCCCNS(C)(=O)=O)N(C)Cc1cc(Cl)cn1C. The molecule has 0 fully saturated rings. The van der Waals surface area contributed by atoms with E-state index in [0.717, 1.165) is 17.9 Å². The Morgan fingerprint density at radius 2 is 2.14 bits per heavy atom. The molecule has 0 saturated carbocycles. The van der Waals surface area contributed by atoms with Crippen LogP contribution in [0.3, 0.4) is 0 Å². The standard InChI is InChI=1S/C13H24ClN5O2S/c1-15-13(16-6-5-7-17-22(4,20)21)19(3)10-12-8-11(14)9-18(12)2/h8-9,17H,5-7,10H2,1-4H3,(H,15,16). The van der Waals surface area contributed by atoms with Gasteiger partial charge in [-0.2, -0.15) is 0 Å². The topological polar surface area (TPSA) is 78.7 Å². The molecule has 0 aliphatic carbocycles. The molecule has 0 aromatic carbocycles. The average molecular weight is 350 g/mol. The molecule has 0 atom stereocenters. The number of nitrogens with zero attached hydrogens (tertiary/aromatic N) is 3. The molecule has 0 bridgehead atoms. The molecule has 0 saturated heterocycles. The van der Waals surface area contributed by atoms with Crippen LogP contribution in [0, 0.1) is 0 Å². The normalized spacial score (nSPS) is 12.5. The first-order valence-electron chi connectivity index (χ1n) is 6.90. The summed E-state index contributed by atoms with van der Waals surface area (Å²) in [5.41, 5.74) is 1.08. The molecule has 1 aromatic heterocycles. The number of rotatable bonds is 7. The summed E-state index contributed by atoms with van der Waals surface area (Å²) in [6.45, 7) is 1.71. The van der Waals surface area contributed by atoms with Crippen molar-refractivity contribution in [1.29, 1.82) is 0 Å². The minimum atomic E-state index is -3.12. The zero-order chi connectivity index (χ0) is 16.8. The smallest absolute Gasteiger partial charge is 0.208 e. The zero-order valence-corrected chi connectivity index (χ0v) is 15.0. The molecule has 1 heterocycles. The second kappa shape index (κ2) is 8.40. The highest BCUT2D eigenvalue weighted by atomic mass is 35.5. The summed E-state index contributed by atoms with van der Waals surface area (Å²) in [5.74, 6) is 0.747. The summed E-state index contributed by atoms with van der Waals surface area (Å²) in [6.07, 6.45) is 3.69. The molecule has 126 valence electrons. The van der Waals surface area contributed by atoms with Gasteiger partial charge in [-0.15, -0.1) is 0 Å². The molecule has 0 radical (unpaired) electrons. The number of nitrogens with one attached hydrogen (secondary N) is 2. The molecular weight excluding hydrogens is 326 g/mol. The van der Waals surface area contributed by atoms with Crippen molar-refractivity contribution < 1.29 is 8.42 Å². The third-order valence-electron chi connectivity index (χ3n) is 3.05. The highest BCUT2D eigenvalue weighted by Crippen LogP contribution is 2.14. The van der Waals surface area contributed by atoms with Crippen molar-refractivity contribution >= 4 is 27.6 Å². The number of aliphatic imine (C=N–C) groups is 1. The number of hydrogen-bond acceptors (Lipinski definition) is 3. The molecule has 0 amide bonds. The summed E-state index contributed by atoms with van der Waals surface area (Å²) < 4.78 is 26.3. The van der Waals surface area contributed by atoms with E-state index in [4.69, 9.17) is 11.6 Å². The fourth-order valence-corrected chi connectivity index (χ4v) is 2.76. The number of aryl methyl sites for hydroxylation is 1. The molecular formula is C13H24ClN5O2S. The Morgan fingerprint density at radius 3 is 2.64 bits per heavy atom. The first-order valence-corrected chi connectivity index (χ1v) is 9.17. The lowest BCUT2D eigenvalue weighted by Crippen LogP contribution is -2.40. The fraction of sp³-hybridized carbons (Fsp3) is 0.615. The van der Waals surface area contributed by atoms with Gasteiger partial charge in [-0.05, 0) is 12.5 Å².